The van der Waals surface area contributed by atoms with Crippen molar-refractivity contribution >= 4 is 15.7 Å². The van der Waals surface area contributed by atoms with Crippen LogP contribution in [0.3, 0.4) is 0 Å². The molecule has 6 nitrogen and oxygen atoms in total. The maximum atomic E-state index is 13.2. The zero-order valence-electron chi connectivity index (χ0n) is 16.1. The molecule has 7 heteroatoms. The van der Waals surface area contributed by atoms with Crippen LogP contribution in [0.4, 0.5) is 0 Å². The Hall–Kier alpha value is -2.54. The minimum atomic E-state index is -3.10. The quantitative estimate of drug-likeness (QED) is 0.710. The number of amides is 1. The van der Waals surface area contributed by atoms with Gasteiger partial charge >= 0.3 is 0 Å². The van der Waals surface area contributed by atoms with Gasteiger partial charge in [-0.1, -0.05) is 36.4 Å². The van der Waals surface area contributed by atoms with Crippen LogP contribution in [-0.4, -0.2) is 51.0 Å². The molecule has 1 saturated heterocycles. The van der Waals surface area contributed by atoms with Gasteiger partial charge in [0.2, 0.25) is 5.91 Å². The molecular formula is C21H25NO5S. The first-order valence-electron chi connectivity index (χ1n) is 9.16. The molecule has 1 aliphatic heterocycles. The van der Waals surface area contributed by atoms with Crippen LogP contribution in [-0.2, 0) is 27.6 Å². The average molecular weight is 404 g/mol. The van der Waals surface area contributed by atoms with E-state index in [-0.39, 0.29) is 29.9 Å². The number of hydrogen-bond donors (Lipinski definition) is 0. The molecule has 0 radical (unpaired) electrons. The number of carbonyl (C=O) groups excluding carboxylic acids is 1. The number of ether oxygens (including phenoxy) is 2. The molecule has 1 fully saturated rings. The molecule has 2 aromatic carbocycles. The van der Waals surface area contributed by atoms with Crippen molar-refractivity contribution in [2.24, 2.45) is 0 Å². The van der Waals surface area contributed by atoms with E-state index in [2.05, 4.69) is 0 Å². The average Bonchev–Trinajstić information content (AvgIpc) is 3.06. The summed E-state index contributed by atoms with van der Waals surface area (Å²) in [6.45, 7) is 0.387. The minimum Gasteiger partial charge on any atom is -0.497 e. The molecule has 0 bridgehead atoms. The normalized spacial score (nSPS) is 17.9. The van der Waals surface area contributed by atoms with E-state index in [0.29, 0.717) is 24.5 Å². The van der Waals surface area contributed by atoms with E-state index in [0.717, 1.165) is 11.1 Å². The van der Waals surface area contributed by atoms with Gasteiger partial charge in [-0.05, 0) is 18.1 Å². The van der Waals surface area contributed by atoms with Crippen LogP contribution in [0.2, 0.25) is 0 Å². The van der Waals surface area contributed by atoms with Crippen molar-refractivity contribution in [3.05, 3.63) is 59.7 Å². The molecule has 1 amide bonds. The fraction of sp³-hybridized carbons (Fsp3) is 0.381. The first-order valence-corrected chi connectivity index (χ1v) is 11.0. The van der Waals surface area contributed by atoms with Crippen molar-refractivity contribution < 1.29 is 22.7 Å². The monoisotopic (exact) mass is 403 g/mol. The summed E-state index contributed by atoms with van der Waals surface area (Å²) in [6.07, 6.45) is 0.608. The van der Waals surface area contributed by atoms with Crippen LogP contribution < -0.4 is 9.47 Å². The van der Waals surface area contributed by atoms with Gasteiger partial charge in [0.15, 0.2) is 9.84 Å². The first-order chi connectivity index (χ1) is 13.4. The summed E-state index contributed by atoms with van der Waals surface area (Å²) in [6, 6.07) is 14.7. The van der Waals surface area contributed by atoms with Gasteiger partial charge in [-0.3, -0.25) is 4.79 Å². The lowest BCUT2D eigenvalue weighted by molar-refractivity contribution is -0.133. The summed E-state index contributed by atoms with van der Waals surface area (Å²) < 4.78 is 34.6. The topological polar surface area (TPSA) is 72.9 Å². The number of rotatable bonds is 7. The van der Waals surface area contributed by atoms with Crippen molar-refractivity contribution in [1.29, 1.82) is 0 Å². The second-order valence-electron chi connectivity index (χ2n) is 6.92. The SMILES string of the molecule is COc1ccc(CC(=O)N(Cc2ccccc2)[C@@H]2CCS(=O)(=O)C2)c(OC)c1. The van der Waals surface area contributed by atoms with Gasteiger partial charge in [-0.25, -0.2) is 8.42 Å². The number of nitrogens with zero attached hydrogens (tertiary/aromatic N) is 1. The third kappa shape index (κ3) is 4.84. The highest BCUT2D eigenvalue weighted by Crippen LogP contribution is 2.27. The minimum absolute atomic E-state index is 0.0192. The van der Waals surface area contributed by atoms with E-state index in [1.165, 1.54) is 0 Å². The third-order valence-corrected chi connectivity index (χ3v) is 6.75. The van der Waals surface area contributed by atoms with Crippen LogP contribution in [0.25, 0.3) is 0 Å². The number of hydrogen-bond acceptors (Lipinski definition) is 5. The Balaban J connectivity index is 1.84. The van der Waals surface area contributed by atoms with Gasteiger partial charge in [0.05, 0.1) is 32.1 Å². The van der Waals surface area contributed by atoms with Gasteiger partial charge in [0.1, 0.15) is 11.5 Å². The Kier molecular flexibility index (Phi) is 6.24. The van der Waals surface area contributed by atoms with E-state index in [1.807, 2.05) is 36.4 Å². The predicted molar refractivity (Wildman–Crippen MR) is 107 cm³/mol. The van der Waals surface area contributed by atoms with Crippen molar-refractivity contribution in [2.75, 3.05) is 25.7 Å². The number of benzene rings is 2. The van der Waals surface area contributed by atoms with Crippen LogP contribution >= 0.6 is 0 Å². The van der Waals surface area contributed by atoms with Gasteiger partial charge < -0.3 is 14.4 Å². The number of carbonyl (C=O) groups is 1. The molecule has 1 aliphatic rings. The van der Waals surface area contributed by atoms with Crippen LogP contribution in [0, 0.1) is 0 Å². The standard InChI is InChI=1S/C21H25NO5S/c1-26-19-9-8-17(20(13-19)27-2)12-21(23)22(14-16-6-4-3-5-7-16)18-10-11-28(24,25)15-18/h3-9,13,18H,10-12,14-15H2,1-2H3/t18-/m1/s1. The molecule has 0 unspecified atom stereocenters. The maximum absolute atomic E-state index is 13.2. The number of methoxy groups -OCH3 is 2. The van der Waals surface area contributed by atoms with E-state index in [1.54, 1.807) is 31.3 Å². The summed E-state index contributed by atoms with van der Waals surface area (Å²) in [5, 5.41) is 0. The third-order valence-electron chi connectivity index (χ3n) is 5.00. The van der Waals surface area contributed by atoms with Gasteiger partial charge in [-0.2, -0.15) is 0 Å². The lowest BCUT2D eigenvalue weighted by Crippen LogP contribution is -2.41. The highest BCUT2D eigenvalue weighted by Gasteiger charge is 2.34. The molecule has 0 saturated carbocycles. The highest BCUT2D eigenvalue weighted by molar-refractivity contribution is 7.91. The molecule has 150 valence electrons. The molecule has 2 aromatic rings. The molecule has 28 heavy (non-hydrogen) atoms. The van der Waals surface area contributed by atoms with Crippen molar-refractivity contribution in [1.82, 2.24) is 4.90 Å². The zero-order chi connectivity index (χ0) is 20.1. The second-order valence-corrected chi connectivity index (χ2v) is 9.15. The molecule has 0 N–H and O–H groups in total. The summed E-state index contributed by atoms with van der Waals surface area (Å²) >= 11 is 0. The summed E-state index contributed by atoms with van der Waals surface area (Å²) in [7, 11) is 0.0247. The molecule has 1 heterocycles. The smallest absolute Gasteiger partial charge is 0.227 e. The lowest BCUT2D eigenvalue weighted by Gasteiger charge is -2.29. The van der Waals surface area contributed by atoms with Crippen molar-refractivity contribution in [3.8, 4) is 11.5 Å². The number of sulfone groups is 1. The molecule has 1 atom stereocenters. The Morgan fingerprint density at radius 1 is 1.11 bits per heavy atom. The zero-order valence-corrected chi connectivity index (χ0v) is 16.9. The first kappa shape index (κ1) is 20.2. The molecular weight excluding hydrogens is 378 g/mol. The van der Waals surface area contributed by atoms with E-state index in [9.17, 15) is 13.2 Å². The Morgan fingerprint density at radius 3 is 2.46 bits per heavy atom. The van der Waals surface area contributed by atoms with Crippen LogP contribution in [0.1, 0.15) is 17.5 Å². The van der Waals surface area contributed by atoms with E-state index < -0.39 is 9.84 Å². The van der Waals surface area contributed by atoms with Gasteiger partial charge in [0.25, 0.3) is 0 Å². The Bertz CT molecular complexity index is 927. The Labute approximate surface area is 166 Å². The highest BCUT2D eigenvalue weighted by atomic mass is 32.2. The maximum Gasteiger partial charge on any atom is 0.227 e. The molecule has 3 rings (SSSR count). The summed E-state index contributed by atoms with van der Waals surface area (Å²) in [4.78, 5) is 14.9. The summed E-state index contributed by atoms with van der Waals surface area (Å²) in [5.41, 5.74) is 1.72. The van der Waals surface area contributed by atoms with Crippen molar-refractivity contribution in [2.45, 2.75) is 25.4 Å². The fourth-order valence-electron chi connectivity index (χ4n) is 3.48. The van der Waals surface area contributed by atoms with Gasteiger partial charge in [-0.15, -0.1) is 0 Å². The lowest BCUT2D eigenvalue weighted by atomic mass is 10.1. The second kappa shape index (κ2) is 8.65. The summed E-state index contributed by atoms with van der Waals surface area (Å²) in [5.74, 6) is 1.25. The molecule has 0 aromatic heterocycles. The van der Waals surface area contributed by atoms with Crippen LogP contribution in [0.15, 0.2) is 48.5 Å². The van der Waals surface area contributed by atoms with Gasteiger partial charge in [0, 0.05) is 24.2 Å². The van der Waals surface area contributed by atoms with E-state index >= 15 is 0 Å². The van der Waals surface area contributed by atoms with Crippen LogP contribution in [0.5, 0.6) is 11.5 Å². The molecule has 0 aliphatic carbocycles. The van der Waals surface area contributed by atoms with E-state index in [4.69, 9.17) is 9.47 Å². The predicted octanol–water partition coefficient (Wildman–Crippen LogP) is 2.46. The van der Waals surface area contributed by atoms with Crippen molar-refractivity contribution in [3.63, 3.8) is 0 Å². The molecule has 0 spiro atoms. The largest absolute Gasteiger partial charge is 0.497 e. The Morgan fingerprint density at radius 2 is 1.86 bits per heavy atom. The fourth-order valence-corrected chi connectivity index (χ4v) is 5.22.